The molecule has 1 heterocycles. The normalized spacial score (nSPS) is 18.6. The van der Waals surface area contributed by atoms with Gasteiger partial charge >= 0.3 is 12.1 Å². The summed E-state index contributed by atoms with van der Waals surface area (Å²) in [6.45, 7) is 5.62. The average molecular weight is 436 g/mol. The fraction of sp³-hybridized carbons (Fsp3) is 0.346. The molecule has 0 bridgehead atoms. The number of carbonyl (C=O) groups excluding carboxylic acids is 3. The number of ketones is 1. The van der Waals surface area contributed by atoms with E-state index in [1.54, 1.807) is 11.8 Å². The van der Waals surface area contributed by atoms with E-state index >= 15 is 0 Å². The molecule has 1 aliphatic heterocycles. The van der Waals surface area contributed by atoms with E-state index < -0.39 is 30.3 Å². The molecule has 168 valence electrons. The van der Waals surface area contributed by atoms with Gasteiger partial charge in [0.05, 0.1) is 19.1 Å². The maximum atomic E-state index is 13.2. The van der Waals surface area contributed by atoms with Crippen LogP contribution in [0.2, 0.25) is 0 Å². The smallest absolute Gasteiger partial charge is 0.411 e. The summed E-state index contributed by atoms with van der Waals surface area (Å²) in [5.74, 6) is -0.604. The summed E-state index contributed by atoms with van der Waals surface area (Å²) < 4.78 is 11.0. The minimum atomic E-state index is -0.691. The number of ether oxygens (including phenoxy) is 2. The quantitative estimate of drug-likeness (QED) is 0.401. The maximum absolute atomic E-state index is 13.2. The molecule has 1 fully saturated rings. The number of nitrogens with zero attached hydrogens (tertiary/aromatic N) is 1. The maximum Gasteiger partial charge on any atom is 0.411 e. The Balaban J connectivity index is 2.02. The summed E-state index contributed by atoms with van der Waals surface area (Å²) in [4.78, 5) is 39.7. The Morgan fingerprint density at radius 1 is 1.00 bits per heavy atom. The molecule has 2 aromatic carbocycles. The van der Waals surface area contributed by atoms with Gasteiger partial charge in [0.2, 0.25) is 0 Å². The number of hydrogen-bond donors (Lipinski definition) is 0. The van der Waals surface area contributed by atoms with E-state index in [0.717, 1.165) is 16.7 Å². The number of esters is 1. The summed E-state index contributed by atoms with van der Waals surface area (Å²) in [7, 11) is 0. The molecule has 0 aromatic heterocycles. The summed E-state index contributed by atoms with van der Waals surface area (Å²) in [6.07, 6.45) is 0.340. The molecule has 6 nitrogen and oxygen atoms in total. The van der Waals surface area contributed by atoms with Gasteiger partial charge in [0, 0.05) is 6.42 Å². The van der Waals surface area contributed by atoms with Crippen molar-refractivity contribution in [2.24, 2.45) is 0 Å². The minimum absolute atomic E-state index is 0.00391. The third kappa shape index (κ3) is 5.63. The average Bonchev–Trinajstić information content (AvgIpc) is 3.11. The second-order valence-electron chi connectivity index (χ2n) is 8.03. The second kappa shape index (κ2) is 10.8. The molecule has 32 heavy (non-hydrogen) atoms. The molecular formula is C26H29NO5. The van der Waals surface area contributed by atoms with Crippen LogP contribution in [-0.2, 0) is 19.1 Å². The van der Waals surface area contributed by atoms with Gasteiger partial charge in [-0.25, -0.2) is 4.79 Å². The lowest BCUT2D eigenvalue weighted by Crippen LogP contribution is -2.41. The molecule has 6 heteroatoms. The first-order chi connectivity index (χ1) is 15.4. The van der Waals surface area contributed by atoms with E-state index in [1.165, 1.54) is 6.08 Å². The largest absolute Gasteiger partial charge is 0.466 e. The van der Waals surface area contributed by atoms with Gasteiger partial charge in [0.1, 0.15) is 6.04 Å². The number of carbonyl (C=O) groups is 3. The standard InChI is InChI=1S/C26H29NO5/c1-4-31-23(29)17-21(16-22(28)15-18(2)3)27-24(19-11-7-5-8-12-19)25(32-26(27)30)20-13-9-6-10-14-20/h5-15,21,24-25H,4,16-17H2,1-3H3/t21-,24+,25-/m1/s1. The minimum Gasteiger partial charge on any atom is -0.466 e. The zero-order valence-electron chi connectivity index (χ0n) is 18.7. The molecule has 2 aromatic rings. The summed E-state index contributed by atoms with van der Waals surface area (Å²) in [6, 6.07) is 17.9. The molecule has 3 atom stereocenters. The number of rotatable bonds is 9. The van der Waals surface area contributed by atoms with Crippen LogP contribution in [0, 0.1) is 0 Å². The van der Waals surface area contributed by atoms with Crippen LogP contribution < -0.4 is 0 Å². The third-order valence-electron chi connectivity index (χ3n) is 5.28. The van der Waals surface area contributed by atoms with Crippen molar-refractivity contribution in [3.8, 4) is 0 Å². The van der Waals surface area contributed by atoms with Gasteiger partial charge in [0.25, 0.3) is 0 Å². The molecule has 1 saturated heterocycles. The fourth-order valence-electron chi connectivity index (χ4n) is 4.04. The zero-order valence-corrected chi connectivity index (χ0v) is 18.7. The molecule has 0 saturated carbocycles. The molecule has 0 unspecified atom stereocenters. The monoisotopic (exact) mass is 435 g/mol. The van der Waals surface area contributed by atoms with Crippen LogP contribution in [0.5, 0.6) is 0 Å². The van der Waals surface area contributed by atoms with E-state index in [4.69, 9.17) is 9.47 Å². The molecule has 0 radical (unpaired) electrons. The van der Waals surface area contributed by atoms with E-state index in [0.29, 0.717) is 0 Å². The first kappa shape index (κ1) is 23.3. The Morgan fingerprint density at radius 3 is 2.16 bits per heavy atom. The second-order valence-corrected chi connectivity index (χ2v) is 8.03. The molecule has 1 aliphatic rings. The summed E-state index contributed by atoms with van der Waals surface area (Å²) in [5.41, 5.74) is 2.58. The third-order valence-corrected chi connectivity index (χ3v) is 5.28. The van der Waals surface area contributed by atoms with Crippen LogP contribution in [0.1, 0.15) is 56.9 Å². The summed E-state index contributed by atoms with van der Waals surface area (Å²) in [5, 5.41) is 0. The Bertz CT molecular complexity index is 966. The lowest BCUT2D eigenvalue weighted by atomic mass is 9.93. The molecular weight excluding hydrogens is 406 g/mol. The Labute approximate surface area is 188 Å². The number of cyclic esters (lactones) is 1. The van der Waals surface area contributed by atoms with Crippen molar-refractivity contribution in [1.82, 2.24) is 4.90 Å². The topological polar surface area (TPSA) is 72.9 Å². The highest BCUT2D eigenvalue weighted by atomic mass is 16.6. The number of hydrogen-bond acceptors (Lipinski definition) is 5. The van der Waals surface area contributed by atoms with Crippen LogP contribution in [0.15, 0.2) is 72.3 Å². The fourth-order valence-corrected chi connectivity index (χ4v) is 4.04. The van der Waals surface area contributed by atoms with Crippen molar-refractivity contribution in [1.29, 1.82) is 0 Å². The van der Waals surface area contributed by atoms with Crippen LogP contribution >= 0.6 is 0 Å². The van der Waals surface area contributed by atoms with Crippen molar-refractivity contribution in [3.05, 3.63) is 83.4 Å². The molecule has 0 aliphatic carbocycles. The van der Waals surface area contributed by atoms with Crippen LogP contribution in [0.4, 0.5) is 4.79 Å². The highest BCUT2D eigenvalue weighted by Gasteiger charge is 2.47. The molecule has 0 spiro atoms. The highest BCUT2D eigenvalue weighted by molar-refractivity contribution is 5.91. The van der Waals surface area contributed by atoms with Gasteiger partial charge in [-0.1, -0.05) is 66.2 Å². The van der Waals surface area contributed by atoms with E-state index in [-0.39, 0.29) is 25.2 Å². The zero-order chi connectivity index (χ0) is 23.1. The first-order valence-corrected chi connectivity index (χ1v) is 10.8. The lowest BCUT2D eigenvalue weighted by molar-refractivity contribution is -0.144. The lowest BCUT2D eigenvalue weighted by Gasteiger charge is -2.31. The SMILES string of the molecule is CCOC(=O)C[C@@H](CC(=O)C=C(C)C)N1C(=O)O[C@H](c2ccccc2)[C@@H]1c1ccccc1. The predicted molar refractivity (Wildman–Crippen MR) is 121 cm³/mol. The van der Waals surface area contributed by atoms with Crippen molar-refractivity contribution < 1.29 is 23.9 Å². The van der Waals surface area contributed by atoms with Gasteiger partial charge in [-0.2, -0.15) is 0 Å². The summed E-state index contributed by atoms with van der Waals surface area (Å²) >= 11 is 0. The van der Waals surface area contributed by atoms with E-state index in [1.807, 2.05) is 74.5 Å². The molecule has 1 amide bonds. The van der Waals surface area contributed by atoms with Crippen molar-refractivity contribution in [2.75, 3.05) is 6.61 Å². The van der Waals surface area contributed by atoms with Crippen molar-refractivity contribution in [2.45, 2.75) is 51.8 Å². The van der Waals surface area contributed by atoms with E-state index in [2.05, 4.69) is 0 Å². The van der Waals surface area contributed by atoms with Gasteiger partial charge in [0.15, 0.2) is 11.9 Å². The van der Waals surface area contributed by atoms with Gasteiger partial charge < -0.3 is 9.47 Å². The van der Waals surface area contributed by atoms with E-state index in [9.17, 15) is 14.4 Å². The van der Waals surface area contributed by atoms with Crippen LogP contribution in [0.3, 0.4) is 0 Å². The highest BCUT2D eigenvalue weighted by Crippen LogP contribution is 2.45. The molecule has 3 rings (SSSR count). The Kier molecular flexibility index (Phi) is 7.82. The van der Waals surface area contributed by atoms with Crippen LogP contribution in [-0.4, -0.2) is 35.4 Å². The van der Waals surface area contributed by atoms with Gasteiger partial charge in [-0.3, -0.25) is 14.5 Å². The number of amides is 1. The number of allylic oxidation sites excluding steroid dienone is 2. The van der Waals surface area contributed by atoms with Gasteiger partial charge in [-0.15, -0.1) is 0 Å². The molecule has 0 N–H and O–H groups in total. The van der Waals surface area contributed by atoms with Gasteiger partial charge in [-0.05, 0) is 38.0 Å². The number of benzene rings is 2. The van der Waals surface area contributed by atoms with Crippen molar-refractivity contribution >= 4 is 17.8 Å². The van der Waals surface area contributed by atoms with Crippen molar-refractivity contribution in [3.63, 3.8) is 0 Å². The van der Waals surface area contributed by atoms with Crippen LogP contribution in [0.25, 0.3) is 0 Å². The Hall–Kier alpha value is -3.41. The first-order valence-electron chi connectivity index (χ1n) is 10.8. The predicted octanol–water partition coefficient (Wildman–Crippen LogP) is 5.17. The Morgan fingerprint density at radius 2 is 1.59 bits per heavy atom.